The summed E-state index contributed by atoms with van der Waals surface area (Å²) >= 11 is 6.23. The number of benzene rings is 2. The number of carbonyl (C=O) groups is 1. The largest absolute Gasteiger partial charge is 0.504 e. The molecule has 0 spiro atoms. The number of hydrogen-bond acceptors (Lipinski definition) is 5. The Morgan fingerprint density at radius 3 is 2.56 bits per heavy atom. The highest BCUT2D eigenvalue weighted by atomic mass is 35.5. The van der Waals surface area contributed by atoms with Gasteiger partial charge in [-0.05, 0) is 56.4 Å². The highest BCUT2D eigenvalue weighted by Crippen LogP contribution is 2.43. The molecule has 5 rings (SSSR count). The number of amides is 2. The second kappa shape index (κ2) is 8.67. The molecule has 0 aromatic heterocycles. The predicted octanol–water partition coefficient (Wildman–Crippen LogP) is 3.99. The Balaban J connectivity index is 1.35. The minimum absolute atomic E-state index is 0.116. The first-order valence-corrected chi connectivity index (χ1v) is 13.1. The summed E-state index contributed by atoms with van der Waals surface area (Å²) in [5.41, 5.74) is 0.387. The fourth-order valence-corrected chi connectivity index (χ4v) is 7.15. The van der Waals surface area contributed by atoms with Crippen LogP contribution in [0.25, 0.3) is 0 Å². The van der Waals surface area contributed by atoms with E-state index < -0.39 is 32.5 Å². The lowest BCUT2D eigenvalue weighted by atomic mass is 10.2. The van der Waals surface area contributed by atoms with Gasteiger partial charge in [-0.25, -0.2) is 17.6 Å². The van der Waals surface area contributed by atoms with Crippen LogP contribution in [0.2, 0.25) is 5.02 Å². The van der Waals surface area contributed by atoms with Crippen LogP contribution in [0.15, 0.2) is 35.2 Å². The standard InChI is InChI=1S/C23H26ClFN4O4S/c1-13-18(25)3-2-4-19(13)26-23(31)27-20-8-7-17(24)22(21(20)30)34(32,33)29-12-15-9-16(29)11-28(15)10-14-5-6-14/h2-4,7-8,14-16,30H,5-6,9-12H2,1H3,(H2,26,27,31)/t15-,16-/m0/s1. The number of urea groups is 1. The second-order valence-corrected chi connectivity index (χ2v) is 11.5. The number of fused-ring (bicyclic) bond motifs is 2. The van der Waals surface area contributed by atoms with Crippen LogP contribution in [-0.4, -0.2) is 60.5 Å². The van der Waals surface area contributed by atoms with E-state index in [-0.39, 0.29) is 34.0 Å². The van der Waals surface area contributed by atoms with Crippen LogP contribution in [0.3, 0.4) is 0 Å². The van der Waals surface area contributed by atoms with Crippen LogP contribution in [-0.2, 0) is 10.0 Å². The first-order chi connectivity index (χ1) is 16.1. The van der Waals surface area contributed by atoms with Gasteiger partial charge in [-0.15, -0.1) is 0 Å². The Labute approximate surface area is 202 Å². The monoisotopic (exact) mass is 508 g/mol. The molecule has 2 amide bonds. The first kappa shape index (κ1) is 23.3. The molecule has 1 saturated carbocycles. The number of phenolic OH excluding ortho intramolecular Hbond substituents is 1. The van der Waals surface area contributed by atoms with Gasteiger partial charge in [0.05, 0.1) is 10.7 Å². The zero-order valence-corrected chi connectivity index (χ0v) is 20.2. The number of sulfonamides is 1. The van der Waals surface area contributed by atoms with Crippen molar-refractivity contribution in [2.45, 2.75) is 43.2 Å². The van der Waals surface area contributed by atoms with E-state index in [4.69, 9.17) is 11.6 Å². The molecular weight excluding hydrogens is 483 g/mol. The van der Waals surface area contributed by atoms with E-state index in [0.717, 1.165) is 18.9 Å². The van der Waals surface area contributed by atoms with Crippen LogP contribution >= 0.6 is 11.6 Å². The fraction of sp³-hybridized carbons (Fsp3) is 0.435. The van der Waals surface area contributed by atoms with Gasteiger partial charge in [0, 0.05) is 43.0 Å². The molecule has 182 valence electrons. The molecule has 3 N–H and O–H groups in total. The normalized spacial score (nSPS) is 22.8. The van der Waals surface area contributed by atoms with Crippen LogP contribution in [0.5, 0.6) is 5.75 Å². The molecule has 11 heteroatoms. The van der Waals surface area contributed by atoms with Crippen LogP contribution in [0.1, 0.15) is 24.8 Å². The molecule has 3 aliphatic rings. The maximum absolute atomic E-state index is 13.7. The van der Waals surface area contributed by atoms with Crippen molar-refractivity contribution in [1.82, 2.24) is 9.21 Å². The molecule has 3 fully saturated rings. The summed E-state index contributed by atoms with van der Waals surface area (Å²) in [6, 6.07) is 6.15. The van der Waals surface area contributed by atoms with Crippen LogP contribution in [0.4, 0.5) is 20.6 Å². The van der Waals surface area contributed by atoms with Crippen LogP contribution in [0, 0.1) is 18.7 Å². The number of nitrogens with zero attached hydrogens (tertiary/aromatic N) is 2. The Morgan fingerprint density at radius 2 is 1.88 bits per heavy atom. The highest BCUT2D eigenvalue weighted by molar-refractivity contribution is 7.89. The zero-order valence-electron chi connectivity index (χ0n) is 18.6. The molecule has 34 heavy (non-hydrogen) atoms. The van der Waals surface area contributed by atoms with Crippen molar-refractivity contribution in [3.8, 4) is 5.75 Å². The lowest BCUT2D eigenvalue weighted by molar-refractivity contribution is 0.175. The van der Waals surface area contributed by atoms with Gasteiger partial charge in [0.1, 0.15) is 10.7 Å². The second-order valence-electron chi connectivity index (χ2n) is 9.28. The zero-order chi connectivity index (χ0) is 24.2. The molecule has 2 saturated heterocycles. The van der Waals surface area contributed by atoms with Gasteiger partial charge in [-0.3, -0.25) is 4.90 Å². The lowest BCUT2D eigenvalue weighted by Gasteiger charge is -2.33. The van der Waals surface area contributed by atoms with Crippen molar-refractivity contribution >= 4 is 39.0 Å². The number of likely N-dealkylation sites (tertiary alicyclic amines) is 1. The number of anilines is 2. The van der Waals surface area contributed by atoms with Gasteiger partial charge in [0.15, 0.2) is 5.75 Å². The first-order valence-electron chi connectivity index (χ1n) is 11.3. The van der Waals surface area contributed by atoms with E-state index in [9.17, 15) is 22.7 Å². The average molecular weight is 509 g/mol. The van der Waals surface area contributed by atoms with Crippen molar-refractivity contribution in [3.63, 3.8) is 0 Å². The molecule has 2 atom stereocenters. The number of halogens is 2. The molecular formula is C23H26ClFN4O4S. The number of hydrogen-bond donors (Lipinski definition) is 3. The molecule has 8 nitrogen and oxygen atoms in total. The predicted molar refractivity (Wildman–Crippen MR) is 127 cm³/mol. The molecule has 0 unspecified atom stereocenters. The highest BCUT2D eigenvalue weighted by Gasteiger charge is 2.50. The van der Waals surface area contributed by atoms with Crippen molar-refractivity contribution < 1.29 is 22.7 Å². The topological polar surface area (TPSA) is 102 Å². The Morgan fingerprint density at radius 1 is 1.15 bits per heavy atom. The minimum Gasteiger partial charge on any atom is -0.504 e. The smallest absolute Gasteiger partial charge is 0.323 e. The number of carbonyl (C=O) groups excluding carboxylic acids is 1. The summed E-state index contributed by atoms with van der Waals surface area (Å²) in [6.07, 6.45) is 3.24. The minimum atomic E-state index is -4.09. The summed E-state index contributed by atoms with van der Waals surface area (Å²) in [7, 11) is -4.09. The molecule has 1 aliphatic carbocycles. The number of aromatic hydroxyl groups is 1. The van der Waals surface area contributed by atoms with Crippen molar-refractivity contribution in [2.24, 2.45) is 5.92 Å². The van der Waals surface area contributed by atoms with Gasteiger partial charge in [0.25, 0.3) is 0 Å². The Bertz CT molecular complexity index is 1250. The summed E-state index contributed by atoms with van der Waals surface area (Å²) < 4.78 is 42.2. The number of nitrogens with one attached hydrogen (secondary N) is 2. The fourth-order valence-electron chi connectivity index (χ4n) is 4.89. The third-order valence-electron chi connectivity index (χ3n) is 6.91. The number of phenols is 1. The molecule has 2 bridgehead atoms. The molecule has 2 aromatic rings. The lowest BCUT2D eigenvalue weighted by Crippen LogP contribution is -2.49. The van der Waals surface area contributed by atoms with E-state index in [2.05, 4.69) is 15.5 Å². The summed E-state index contributed by atoms with van der Waals surface area (Å²) in [5.74, 6) is -0.375. The summed E-state index contributed by atoms with van der Waals surface area (Å²) in [6.45, 7) is 3.56. The Hall–Kier alpha value is -2.40. The average Bonchev–Trinajstić information content (AvgIpc) is 3.36. The third-order valence-corrected chi connectivity index (χ3v) is 9.33. The number of piperazine rings is 1. The van der Waals surface area contributed by atoms with Crippen molar-refractivity contribution in [1.29, 1.82) is 0 Å². The molecule has 2 aromatic carbocycles. The van der Waals surface area contributed by atoms with E-state index in [1.807, 2.05) is 0 Å². The molecule has 0 radical (unpaired) electrons. The quantitative estimate of drug-likeness (QED) is 0.512. The van der Waals surface area contributed by atoms with Gasteiger partial charge in [0.2, 0.25) is 10.0 Å². The van der Waals surface area contributed by atoms with Gasteiger partial charge in [-0.2, -0.15) is 4.31 Å². The van der Waals surface area contributed by atoms with Crippen molar-refractivity contribution in [3.05, 3.63) is 46.7 Å². The van der Waals surface area contributed by atoms with Gasteiger partial charge in [-0.1, -0.05) is 17.7 Å². The van der Waals surface area contributed by atoms with Crippen LogP contribution < -0.4 is 10.6 Å². The van der Waals surface area contributed by atoms with E-state index in [1.165, 1.54) is 54.4 Å². The maximum atomic E-state index is 13.7. The third kappa shape index (κ3) is 4.24. The van der Waals surface area contributed by atoms with Gasteiger partial charge < -0.3 is 15.7 Å². The molecule has 2 aliphatic heterocycles. The maximum Gasteiger partial charge on any atom is 0.323 e. The van der Waals surface area contributed by atoms with E-state index >= 15 is 0 Å². The SMILES string of the molecule is Cc1c(F)cccc1NC(=O)Nc1ccc(Cl)c(S(=O)(=O)N2C[C@@H]3C[C@H]2CN3CC2CC2)c1O. The van der Waals surface area contributed by atoms with Gasteiger partial charge >= 0.3 is 6.03 Å². The molecule has 2 heterocycles. The van der Waals surface area contributed by atoms with Crippen molar-refractivity contribution in [2.75, 3.05) is 30.3 Å². The Kier molecular flexibility index (Phi) is 5.96. The summed E-state index contributed by atoms with van der Waals surface area (Å²) in [4.78, 5) is 14.4. The number of rotatable bonds is 6. The van der Waals surface area contributed by atoms with E-state index in [1.54, 1.807) is 0 Å². The van der Waals surface area contributed by atoms with E-state index in [0.29, 0.717) is 13.1 Å². The summed E-state index contributed by atoms with van der Waals surface area (Å²) in [5, 5.41) is 15.6.